The molecule has 0 saturated carbocycles. The second-order valence-electron chi connectivity index (χ2n) is 7.28. The minimum absolute atomic E-state index is 0.0458. The predicted molar refractivity (Wildman–Crippen MR) is 92.0 cm³/mol. The van der Waals surface area contributed by atoms with Crippen molar-refractivity contribution in [2.24, 2.45) is 5.92 Å². The van der Waals surface area contributed by atoms with Crippen LogP contribution in [0.25, 0.3) is 0 Å². The first-order chi connectivity index (χ1) is 11.7. The summed E-state index contributed by atoms with van der Waals surface area (Å²) in [4.78, 5) is 36.9. The number of piperidine rings is 1. The minimum atomic E-state index is -0.631. The van der Waals surface area contributed by atoms with Gasteiger partial charge in [-0.2, -0.15) is 0 Å². The van der Waals surface area contributed by atoms with Crippen LogP contribution in [0, 0.1) is 16.0 Å². The Hall–Kier alpha value is -2.44. The summed E-state index contributed by atoms with van der Waals surface area (Å²) in [6, 6.07) is 8.98. The third kappa shape index (κ3) is 5.27. The van der Waals surface area contributed by atoms with E-state index >= 15 is 0 Å². The summed E-state index contributed by atoms with van der Waals surface area (Å²) in [6.45, 7) is 5.40. The molecule has 0 spiro atoms. The fraction of sp³-hybridized carbons (Fsp3) is 0.556. The summed E-state index contributed by atoms with van der Waals surface area (Å²) in [5.74, 6) is -1.21. The highest BCUT2D eigenvalue weighted by Crippen LogP contribution is 2.30. The Morgan fingerprint density at radius 3 is 2.56 bits per heavy atom. The first-order valence-corrected chi connectivity index (χ1v) is 8.35. The zero-order chi connectivity index (χ0) is 18.6. The number of nitro groups is 1. The molecule has 1 heterocycles. The number of amides is 1. The summed E-state index contributed by atoms with van der Waals surface area (Å²) in [5, 5.41) is 11.1. The summed E-state index contributed by atoms with van der Waals surface area (Å²) in [5.41, 5.74) is 0.108. The van der Waals surface area contributed by atoms with Crippen LogP contribution in [0.2, 0.25) is 0 Å². The van der Waals surface area contributed by atoms with Gasteiger partial charge >= 0.3 is 6.09 Å². The molecule has 0 aliphatic carbocycles. The zero-order valence-electron chi connectivity index (χ0n) is 14.8. The second-order valence-corrected chi connectivity index (χ2v) is 7.28. The van der Waals surface area contributed by atoms with Crippen molar-refractivity contribution in [3.8, 4) is 0 Å². The topological polar surface area (TPSA) is 89.8 Å². The van der Waals surface area contributed by atoms with E-state index in [-0.39, 0.29) is 31.8 Å². The van der Waals surface area contributed by atoms with Gasteiger partial charge in [0.25, 0.3) is 0 Å². The molecule has 1 fully saturated rings. The smallest absolute Gasteiger partial charge is 0.410 e. The van der Waals surface area contributed by atoms with Crippen LogP contribution in [0.3, 0.4) is 0 Å². The molecule has 1 aromatic rings. The predicted octanol–water partition coefficient (Wildman–Crippen LogP) is 2.87. The Bertz CT molecular complexity index is 639. The molecule has 0 bridgehead atoms. The van der Waals surface area contributed by atoms with Crippen LogP contribution in [0.1, 0.15) is 38.7 Å². The van der Waals surface area contributed by atoms with Gasteiger partial charge in [-0.25, -0.2) is 4.79 Å². The van der Waals surface area contributed by atoms with Crippen LogP contribution < -0.4 is 0 Å². The number of ether oxygens (including phenoxy) is 1. The molecule has 0 radical (unpaired) electrons. The molecule has 25 heavy (non-hydrogen) atoms. The van der Waals surface area contributed by atoms with Gasteiger partial charge in [0.1, 0.15) is 11.4 Å². The van der Waals surface area contributed by atoms with Gasteiger partial charge in [-0.1, -0.05) is 30.3 Å². The second kappa shape index (κ2) is 7.63. The van der Waals surface area contributed by atoms with Gasteiger partial charge < -0.3 is 9.64 Å². The molecule has 0 N–H and O–H groups in total. The van der Waals surface area contributed by atoms with Gasteiger partial charge in [0, 0.05) is 30.4 Å². The summed E-state index contributed by atoms with van der Waals surface area (Å²) in [6.07, 6.45) is -0.303. The Morgan fingerprint density at radius 1 is 1.36 bits per heavy atom. The monoisotopic (exact) mass is 348 g/mol. The van der Waals surface area contributed by atoms with Gasteiger partial charge in [-0.3, -0.25) is 14.9 Å². The lowest BCUT2D eigenvalue weighted by Crippen LogP contribution is -2.48. The van der Waals surface area contributed by atoms with E-state index in [0.29, 0.717) is 0 Å². The standard InChI is InChI=1S/C18H24N2O5/c1-18(2,3)25-17(22)19-10-9-16(21)15(11-19)14(12-20(23)24)13-7-5-4-6-8-13/h4-8,14-15H,9-12H2,1-3H3/t14-,15-/m1/s1. The number of hydrogen-bond donors (Lipinski definition) is 0. The normalized spacial score (nSPS) is 19.4. The van der Waals surface area contributed by atoms with Crippen LogP contribution >= 0.6 is 0 Å². The minimum Gasteiger partial charge on any atom is -0.444 e. The molecule has 0 aromatic heterocycles. The summed E-state index contributed by atoms with van der Waals surface area (Å²) >= 11 is 0. The number of carbonyl (C=O) groups is 2. The molecule has 136 valence electrons. The lowest BCUT2D eigenvalue weighted by molar-refractivity contribution is -0.484. The summed E-state index contributed by atoms with van der Waals surface area (Å²) < 4.78 is 5.37. The Kier molecular flexibility index (Phi) is 5.77. The van der Waals surface area contributed by atoms with E-state index < -0.39 is 28.5 Å². The van der Waals surface area contributed by atoms with E-state index in [9.17, 15) is 19.7 Å². The van der Waals surface area contributed by atoms with Crippen molar-refractivity contribution in [2.45, 2.75) is 38.7 Å². The molecule has 7 nitrogen and oxygen atoms in total. The fourth-order valence-corrected chi connectivity index (χ4v) is 3.03. The SMILES string of the molecule is CC(C)(C)OC(=O)N1CCC(=O)[C@@H]([C@H](C[N+](=O)[O-])c2ccccc2)C1. The van der Waals surface area contributed by atoms with Gasteiger partial charge in [0.05, 0.1) is 5.92 Å². The third-order valence-corrected chi connectivity index (χ3v) is 4.17. The lowest BCUT2D eigenvalue weighted by atomic mass is 9.80. The Balaban J connectivity index is 2.22. The van der Waals surface area contributed by atoms with E-state index in [4.69, 9.17) is 4.74 Å². The van der Waals surface area contributed by atoms with E-state index in [1.165, 1.54) is 4.90 Å². The lowest BCUT2D eigenvalue weighted by Gasteiger charge is -2.35. The molecule has 1 aromatic carbocycles. The van der Waals surface area contributed by atoms with E-state index in [2.05, 4.69) is 0 Å². The third-order valence-electron chi connectivity index (χ3n) is 4.17. The largest absolute Gasteiger partial charge is 0.444 e. The first-order valence-electron chi connectivity index (χ1n) is 8.35. The number of carbonyl (C=O) groups excluding carboxylic acids is 2. The average molecular weight is 348 g/mol. The van der Waals surface area contributed by atoms with Crippen LogP contribution in [-0.4, -0.2) is 46.9 Å². The van der Waals surface area contributed by atoms with E-state index in [1.54, 1.807) is 45.0 Å². The van der Waals surface area contributed by atoms with E-state index in [1.807, 2.05) is 6.07 Å². The maximum absolute atomic E-state index is 12.4. The van der Waals surface area contributed by atoms with Crippen molar-refractivity contribution in [1.29, 1.82) is 0 Å². The Labute approximate surface area is 147 Å². The zero-order valence-corrected chi connectivity index (χ0v) is 14.8. The van der Waals surface area contributed by atoms with Gasteiger partial charge in [-0.05, 0) is 26.3 Å². The average Bonchev–Trinajstić information content (AvgIpc) is 2.52. The van der Waals surface area contributed by atoms with Crippen molar-refractivity contribution in [3.05, 3.63) is 46.0 Å². The number of Topliss-reactive ketones (excluding diaryl/α,β-unsaturated/α-hetero) is 1. The van der Waals surface area contributed by atoms with Crippen LogP contribution in [0.15, 0.2) is 30.3 Å². The molecule has 1 aliphatic rings. The molecular formula is C18H24N2O5. The van der Waals surface area contributed by atoms with Crippen molar-refractivity contribution < 1.29 is 19.2 Å². The highest BCUT2D eigenvalue weighted by Gasteiger charge is 2.39. The molecule has 0 unspecified atom stereocenters. The molecule has 2 atom stereocenters. The van der Waals surface area contributed by atoms with Crippen LogP contribution in [0.4, 0.5) is 4.79 Å². The molecule has 1 saturated heterocycles. The van der Waals surface area contributed by atoms with Crippen molar-refractivity contribution in [3.63, 3.8) is 0 Å². The number of likely N-dealkylation sites (tertiary alicyclic amines) is 1. The van der Waals surface area contributed by atoms with Crippen LogP contribution in [-0.2, 0) is 9.53 Å². The van der Waals surface area contributed by atoms with Crippen molar-refractivity contribution in [2.75, 3.05) is 19.6 Å². The number of hydrogen-bond acceptors (Lipinski definition) is 5. The molecule has 7 heteroatoms. The Morgan fingerprint density at radius 2 is 2.00 bits per heavy atom. The van der Waals surface area contributed by atoms with Gasteiger partial charge in [-0.15, -0.1) is 0 Å². The first kappa shape index (κ1) is 18.9. The van der Waals surface area contributed by atoms with Crippen LogP contribution in [0.5, 0.6) is 0 Å². The molecule has 1 amide bonds. The maximum atomic E-state index is 12.4. The maximum Gasteiger partial charge on any atom is 0.410 e. The van der Waals surface area contributed by atoms with Crippen molar-refractivity contribution in [1.82, 2.24) is 4.90 Å². The van der Waals surface area contributed by atoms with Crippen molar-refractivity contribution >= 4 is 11.9 Å². The number of benzene rings is 1. The fourth-order valence-electron chi connectivity index (χ4n) is 3.03. The van der Waals surface area contributed by atoms with E-state index in [0.717, 1.165) is 5.56 Å². The molecular weight excluding hydrogens is 324 g/mol. The molecule has 1 aliphatic heterocycles. The summed E-state index contributed by atoms with van der Waals surface area (Å²) in [7, 11) is 0. The number of rotatable bonds is 4. The molecule has 2 rings (SSSR count). The van der Waals surface area contributed by atoms with Gasteiger partial charge in [0.2, 0.25) is 6.54 Å². The number of nitrogens with zero attached hydrogens (tertiary/aromatic N) is 2. The highest BCUT2D eigenvalue weighted by atomic mass is 16.6. The highest BCUT2D eigenvalue weighted by molar-refractivity contribution is 5.85. The number of ketones is 1. The quantitative estimate of drug-likeness (QED) is 0.616. The van der Waals surface area contributed by atoms with Gasteiger partial charge in [0.15, 0.2) is 0 Å².